The van der Waals surface area contributed by atoms with Crippen LogP contribution in [0, 0.1) is 17.8 Å². The van der Waals surface area contributed by atoms with Gasteiger partial charge in [0.05, 0.1) is 11.7 Å². The topological polar surface area (TPSA) is 9.23 Å². The normalized spacial score (nSPS) is 12.6. The van der Waals surface area contributed by atoms with Crippen LogP contribution >= 0.6 is 0 Å². The molecule has 0 rings (SSSR count). The fraction of sp³-hybridized carbons (Fsp3) is 0.697. The van der Waals surface area contributed by atoms with Gasteiger partial charge in [0.2, 0.25) is 0 Å². The van der Waals surface area contributed by atoms with Gasteiger partial charge in [-0.25, -0.2) is 8.78 Å². The maximum Gasteiger partial charge on any atom is 0.400 e. The molecule has 0 spiro atoms. The van der Waals surface area contributed by atoms with E-state index in [1.165, 1.54) is 52.9 Å². The summed E-state index contributed by atoms with van der Waals surface area (Å²) in [6, 6.07) is 0. The Morgan fingerprint density at radius 1 is 0.842 bits per heavy atom. The molecule has 0 aliphatic heterocycles. The molecule has 38 heavy (non-hydrogen) atoms. The summed E-state index contributed by atoms with van der Waals surface area (Å²) in [5, 5.41) is 0. The molecule has 0 bridgehead atoms. The van der Waals surface area contributed by atoms with E-state index in [0.29, 0.717) is 18.8 Å². The summed E-state index contributed by atoms with van der Waals surface area (Å²) in [6.45, 7) is 33.8. The van der Waals surface area contributed by atoms with Gasteiger partial charge in [0.15, 0.2) is 0 Å². The van der Waals surface area contributed by atoms with Crippen LogP contribution in [-0.2, 0) is 4.74 Å². The van der Waals surface area contributed by atoms with Crippen molar-refractivity contribution in [3.63, 3.8) is 0 Å². The van der Waals surface area contributed by atoms with Gasteiger partial charge in [-0.2, -0.15) is 8.78 Å². The molecule has 0 heterocycles. The van der Waals surface area contributed by atoms with Gasteiger partial charge in [0.1, 0.15) is 11.6 Å². The first-order valence-corrected chi connectivity index (χ1v) is 14.2. The van der Waals surface area contributed by atoms with E-state index in [4.69, 9.17) is 0 Å². The summed E-state index contributed by atoms with van der Waals surface area (Å²) < 4.78 is 56.7. The first-order valence-electron chi connectivity index (χ1n) is 14.2. The molecule has 0 saturated carbocycles. The first-order chi connectivity index (χ1) is 17.6. The van der Waals surface area contributed by atoms with Gasteiger partial charge in [0, 0.05) is 6.08 Å². The van der Waals surface area contributed by atoms with E-state index in [2.05, 4.69) is 65.7 Å². The van der Waals surface area contributed by atoms with Crippen LogP contribution in [0.25, 0.3) is 0 Å². The maximum atomic E-state index is 13.4. The second kappa shape index (κ2) is 31.4. The zero-order valence-electron chi connectivity index (χ0n) is 26.8. The molecule has 2 atom stereocenters. The maximum absolute atomic E-state index is 13.4. The van der Waals surface area contributed by atoms with E-state index in [-0.39, 0.29) is 11.4 Å². The summed E-state index contributed by atoms with van der Waals surface area (Å²) in [4.78, 5) is 0. The van der Waals surface area contributed by atoms with Gasteiger partial charge < -0.3 is 4.74 Å². The molecule has 228 valence electrons. The van der Waals surface area contributed by atoms with Crippen molar-refractivity contribution in [2.75, 3.05) is 0 Å². The number of halogens is 4. The molecule has 0 radical (unpaired) electrons. The molecule has 0 fully saturated rings. The Kier molecular flexibility index (Phi) is 38.1. The van der Waals surface area contributed by atoms with E-state index >= 15 is 0 Å². The number of allylic oxidation sites excluding steroid dienone is 5. The van der Waals surface area contributed by atoms with Crippen molar-refractivity contribution in [2.45, 2.75) is 134 Å². The molecular formula is C33H62F4O. The van der Waals surface area contributed by atoms with Gasteiger partial charge >= 0.3 is 6.11 Å². The molecule has 2 unspecified atom stereocenters. The SMILES string of the molecule is C/C(F)=C\CC(C)CCC(C)C.C=C.C=C(/C=C(/F)C(=C)C)OC(F)(F)C(C)CCC.CC.CCCCC. The van der Waals surface area contributed by atoms with Gasteiger partial charge in [0.25, 0.3) is 0 Å². The van der Waals surface area contributed by atoms with Crippen molar-refractivity contribution >= 4 is 0 Å². The van der Waals surface area contributed by atoms with Crippen LogP contribution in [0.5, 0.6) is 0 Å². The van der Waals surface area contributed by atoms with Crippen molar-refractivity contribution in [2.24, 2.45) is 17.8 Å². The van der Waals surface area contributed by atoms with E-state index in [9.17, 15) is 17.6 Å². The van der Waals surface area contributed by atoms with Crippen LogP contribution in [-0.4, -0.2) is 6.11 Å². The highest BCUT2D eigenvalue weighted by molar-refractivity contribution is 5.25. The van der Waals surface area contributed by atoms with E-state index in [0.717, 1.165) is 18.4 Å². The smallest absolute Gasteiger partial charge is 0.400 e. The molecule has 0 saturated heterocycles. The minimum atomic E-state index is -3.33. The Bertz CT molecular complexity index is 600. The number of ether oxygens (including phenoxy) is 1. The van der Waals surface area contributed by atoms with Gasteiger partial charge in [-0.15, -0.1) is 13.2 Å². The van der Waals surface area contributed by atoms with Crippen molar-refractivity contribution < 1.29 is 22.3 Å². The lowest BCUT2D eigenvalue weighted by atomic mass is 9.97. The third kappa shape index (κ3) is 36.4. The summed E-state index contributed by atoms with van der Waals surface area (Å²) in [7, 11) is 0. The highest BCUT2D eigenvalue weighted by atomic mass is 19.3. The predicted molar refractivity (Wildman–Crippen MR) is 164 cm³/mol. The Hall–Kier alpha value is -1.78. The van der Waals surface area contributed by atoms with Crippen molar-refractivity contribution in [3.8, 4) is 0 Å². The lowest BCUT2D eigenvalue weighted by Gasteiger charge is -2.24. The lowest BCUT2D eigenvalue weighted by Crippen LogP contribution is -2.28. The Morgan fingerprint density at radius 2 is 1.32 bits per heavy atom. The zero-order chi connectivity index (χ0) is 31.3. The summed E-state index contributed by atoms with van der Waals surface area (Å²) in [5.41, 5.74) is 0.139. The average molecular weight is 551 g/mol. The van der Waals surface area contributed by atoms with Crippen LogP contribution in [0.4, 0.5) is 17.6 Å². The minimum Gasteiger partial charge on any atom is -0.433 e. The third-order valence-electron chi connectivity index (χ3n) is 5.00. The van der Waals surface area contributed by atoms with Crippen molar-refractivity contribution in [1.29, 1.82) is 0 Å². The van der Waals surface area contributed by atoms with Crippen LogP contribution in [0.3, 0.4) is 0 Å². The molecule has 0 aromatic carbocycles. The average Bonchev–Trinajstić information content (AvgIpc) is 2.84. The van der Waals surface area contributed by atoms with Gasteiger partial charge in [-0.1, -0.05) is 120 Å². The van der Waals surface area contributed by atoms with Crippen molar-refractivity contribution in [1.82, 2.24) is 0 Å². The molecule has 0 aromatic rings. The molecule has 5 heteroatoms. The van der Waals surface area contributed by atoms with Crippen molar-refractivity contribution in [3.05, 3.63) is 61.5 Å². The standard InChI is InChI=1S/C13H19F3O.C11H21F.C5H12.C2H6.C2H4/c1-6-7-10(4)13(15,16)17-11(5)8-12(14)9(2)3;1-9(2)5-6-10(3)7-8-11(4)12;1-3-5-4-2;2*1-2/h8,10H,2,5-7H2,1,3-4H3;8-10H,5-7H2,1-4H3;3-5H2,1-2H3;1-2H3;1-2H2/b12-8+;11-8+;;;. The number of rotatable bonds is 14. The third-order valence-corrected chi connectivity index (χ3v) is 5.00. The van der Waals surface area contributed by atoms with E-state index in [1.54, 1.807) is 6.08 Å². The van der Waals surface area contributed by atoms with Crippen LogP contribution in [0.15, 0.2) is 61.5 Å². The predicted octanol–water partition coefficient (Wildman–Crippen LogP) is 13.3. The molecule has 0 aliphatic rings. The molecule has 1 nitrogen and oxygen atoms in total. The van der Waals surface area contributed by atoms with Crippen LogP contribution < -0.4 is 0 Å². The Labute approximate surface area is 235 Å². The Balaban J connectivity index is -0.000000150. The second-order valence-electron chi connectivity index (χ2n) is 9.55. The Morgan fingerprint density at radius 3 is 1.63 bits per heavy atom. The monoisotopic (exact) mass is 550 g/mol. The zero-order valence-corrected chi connectivity index (χ0v) is 26.8. The number of hydrogen-bond acceptors (Lipinski definition) is 1. The lowest BCUT2D eigenvalue weighted by molar-refractivity contribution is -0.244. The quantitative estimate of drug-likeness (QED) is 0.0904. The molecular weight excluding hydrogens is 488 g/mol. The van der Waals surface area contributed by atoms with E-state index in [1.807, 2.05) is 20.8 Å². The first kappa shape index (κ1) is 46.1. The number of unbranched alkanes of at least 4 members (excludes halogenated alkanes) is 2. The number of alkyl halides is 2. The molecule has 0 N–H and O–H groups in total. The van der Waals surface area contributed by atoms with Gasteiger partial charge in [-0.3, -0.25) is 0 Å². The summed E-state index contributed by atoms with van der Waals surface area (Å²) in [6.07, 6.45) is 7.54. The molecule has 0 aromatic heterocycles. The van der Waals surface area contributed by atoms with Gasteiger partial charge in [-0.05, 0) is 44.1 Å². The highest BCUT2D eigenvalue weighted by Crippen LogP contribution is 2.32. The summed E-state index contributed by atoms with van der Waals surface area (Å²) in [5.74, 6) is -0.717. The van der Waals surface area contributed by atoms with E-state index < -0.39 is 23.6 Å². The fourth-order valence-corrected chi connectivity index (χ4v) is 2.62. The second-order valence-corrected chi connectivity index (χ2v) is 9.55. The molecule has 0 aliphatic carbocycles. The van der Waals surface area contributed by atoms with Crippen LogP contribution in [0.2, 0.25) is 0 Å². The number of hydrogen-bond donors (Lipinski definition) is 0. The summed E-state index contributed by atoms with van der Waals surface area (Å²) >= 11 is 0. The fourth-order valence-electron chi connectivity index (χ4n) is 2.62. The van der Waals surface area contributed by atoms with Crippen LogP contribution in [0.1, 0.15) is 128 Å². The largest absolute Gasteiger partial charge is 0.433 e. The highest BCUT2D eigenvalue weighted by Gasteiger charge is 2.38. The molecule has 0 amide bonds. The minimum absolute atomic E-state index is 0.0496.